The predicted octanol–water partition coefficient (Wildman–Crippen LogP) is 0.259. The van der Waals surface area contributed by atoms with Gasteiger partial charge in [-0.05, 0) is 26.8 Å². The Labute approximate surface area is 74.1 Å². The molecule has 0 spiro atoms. The molecule has 1 aliphatic heterocycles. The van der Waals surface area contributed by atoms with E-state index < -0.39 is 0 Å². The highest BCUT2D eigenvalue weighted by atomic mass is 16.1. The smallest absolute Gasteiger partial charge is 0.146 e. The molecule has 1 heterocycles. The first-order valence-electron chi connectivity index (χ1n) is 4.67. The van der Waals surface area contributed by atoms with Crippen LogP contribution >= 0.6 is 0 Å². The fourth-order valence-electron chi connectivity index (χ4n) is 1.51. The standard InChI is InChI=1S/C9H18N2O/c1-8(9(2)12)11-6-3-4-10-5-7-11/h8,10H,3-7H2,1-2H3. The number of ketones is 1. The second-order valence-electron chi connectivity index (χ2n) is 3.43. The molecule has 0 aromatic carbocycles. The SMILES string of the molecule is CC(=O)C(C)N1CCCNCC1. The van der Waals surface area contributed by atoms with Crippen LogP contribution in [0, 0.1) is 0 Å². The second-order valence-corrected chi connectivity index (χ2v) is 3.43. The van der Waals surface area contributed by atoms with Crippen molar-refractivity contribution in [1.82, 2.24) is 10.2 Å². The summed E-state index contributed by atoms with van der Waals surface area (Å²) in [5.74, 6) is 0.275. The molecule has 1 aliphatic rings. The van der Waals surface area contributed by atoms with Crippen LogP contribution in [-0.4, -0.2) is 42.9 Å². The van der Waals surface area contributed by atoms with Crippen molar-refractivity contribution in [3.05, 3.63) is 0 Å². The van der Waals surface area contributed by atoms with E-state index in [2.05, 4.69) is 10.2 Å². The Morgan fingerprint density at radius 3 is 2.83 bits per heavy atom. The normalized spacial score (nSPS) is 23.2. The fraction of sp³-hybridized carbons (Fsp3) is 0.889. The lowest BCUT2D eigenvalue weighted by Gasteiger charge is -2.24. The number of hydrogen-bond donors (Lipinski definition) is 1. The molecule has 3 nitrogen and oxygen atoms in total. The molecule has 0 amide bonds. The summed E-state index contributed by atoms with van der Waals surface area (Å²) in [6.07, 6.45) is 1.15. The Bertz CT molecular complexity index is 151. The quantitative estimate of drug-likeness (QED) is 0.645. The monoisotopic (exact) mass is 170 g/mol. The van der Waals surface area contributed by atoms with Crippen molar-refractivity contribution in [2.45, 2.75) is 26.3 Å². The minimum absolute atomic E-state index is 0.102. The molecule has 1 saturated heterocycles. The Balaban J connectivity index is 2.42. The highest BCUT2D eigenvalue weighted by molar-refractivity contribution is 5.80. The van der Waals surface area contributed by atoms with Gasteiger partial charge >= 0.3 is 0 Å². The van der Waals surface area contributed by atoms with E-state index in [1.54, 1.807) is 6.92 Å². The lowest BCUT2D eigenvalue weighted by Crippen LogP contribution is -2.40. The number of nitrogens with one attached hydrogen (secondary N) is 1. The van der Waals surface area contributed by atoms with E-state index in [4.69, 9.17) is 0 Å². The van der Waals surface area contributed by atoms with Crippen LogP contribution in [0.15, 0.2) is 0 Å². The third-order valence-electron chi connectivity index (χ3n) is 2.51. The number of carbonyl (C=O) groups excluding carboxylic acids is 1. The van der Waals surface area contributed by atoms with Crippen LogP contribution in [0.1, 0.15) is 20.3 Å². The lowest BCUT2D eigenvalue weighted by atomic mass is 10.2. The van der Waals surface area contributed by atoms with Gasteiger partial charge in [-0.3, -0.25) is 9.69 Å². The minimum atomic E-state index is 0.102. The molecule has 70 valence electrons. The average molecular weight is 170 g/mol. The van der Waals surface area contributed by atoms with Gasteiger partial charge in [0.2, 0.25) is 0 Å². The first-order chi connectivity index (χ1) is 5.72. The van der Waals surface area contributed by atoms with Gasteiger partial charge in [0.15, 0.2) is 0 Å². The van der Waals surface area contributed by atoms with Gasteiger partial charge < -0.3 is 5.32 Å². The Kier molecular flexibility index (Phi) is 3.69. The number of nitrogens with zero attached hydrogens (tertiary/aromatic N) is 1. The number of Topliss-reactive ketones (excluding diaryl/α,β-unsaturated/α-hetero) is 1. The van der Waals surface area contributed by atoms with E-state index in [-0.39, 0.29) is 11.8 Å². The van der Waals surface area contributed by atoms with Crippen molar-refractivity contribution in [2.24, 2.45) is 0 Å². The van der Waals surface area contributed by atoms with Crippen molar-refractivity contribution >= 4 is 5.78 Å². The zero-order valence-corrected chi connectivity index (χ0v) is 7.97. The van der Waals surface area contributed by atoms with E-state index >= 15 is 0 Å². The maximum absolute atomic E-state index is 11.1. The minimum Gasteiger partial charge on any atom is -0.315 e. The summed E-state index contributed by atoms with van der Waals surface area (Å²) in [6.45, 7) is 7.81. The summed E-state index contributed by atoms with van der Waals surface area (Å²) in [4.78, 5) is 13.3. The maximum atomic E-state index is 11.1. The molecular formula is C9H18N2O. The number of hydrogen-bond acceptors (Lipinski definition) is 3. The number of carbonyl (C=O) groups is 1. The van der Waals surface area contributed by atoms with E-state index in [0.717, 1.165) is 32.6 Å². The van der Waals surface area contributed by atoms with Crippen LogP contribution in [0.3, 0.4) is 0 Å². The van der Waals surface area contributed by atoms with Gasteiger partial charge in [-0.2, -0.15) is 0 Å². The largest absolute Gasteiger partial charge is 0.315 e. The summed E-state index contributed by atoms with van der Waals surface area (Å²) in [6, 6.07) is 0.102. The first kappa shape index (κ1) is 9.68. The molecule has 0 bridgehead atoms. The molecule has 3 heteroatoms. The molecule has 0 aromatic heterocycles. The van der Waals surface area contributed by atoms with Gasteiger partial charge in [0.1, 0.15) is 5.78 Å². The van der Waals surface area contributed by atoms with Gasteiger partial charge in [0.05, 0.1) is 6.04 Å². The summed E-state index contributed by atoms with van der Waals surface area (Å²) >= 11 is 0. The molecule has 1 rings (SSSR count). The highest BCUT2D eigenvalue weighted by Crippen LogP contribution is 2.02. The third-order valence-corrected chi connectivity index (χ3v) is 2.51. The van der Waals surface area contributed by atoms with Crippen molar-refractivity contribution < 1.29 is 4.79 Å². The Morgan fingerprint density at radius 1 is 1.42 bits per heavy atom. The van der Waals surface area contributed by atoms with Gasteiger partial charge in [-0.1, -0.05) is 0 Å². The van der Waals surface area contributed by atoms with Gasteiger partial charge in [-0.25, -0.2) is 0 Å². The number of rotatable bonds is 2. The molecule has 0 aliphatic carbocycles. The van der Waals surface area contributed by atoms with Crippen LogP contribution in [0.25, 0.3) is 0 Å². The summed E-state index contributed by atoms with van der Waals surface area (Å²) in [5.41, 5.74) is 0. The van der Waals surface area contributed by atoms with Crippen LogP contribution in [0.2, 0.25) is 0 Å². The Morgan fingerprint density at radius 2 is 2.17 bits per heavy atom. The maximum Gasteiger partial charge on any atom is 0.146 e. The van der Waals surface area contributed by atoms with Gasteiger partial charge in [0, 0.05) is 19.6 Å². The first-order valence-corrected chi connectivity index (χ1v) is 4.67. The third kappa shape index (κ3) is 2.57. The van der Waals surface area contributed by atoms with Gasteiger partial charge in [0.25, 0.3) is 0 Å². The topological polar surface area (TPSA) is 32.3 Å². The van der Waals surface area contributed by atoms with Crippen molar-refractivity contribution in [3.8, 4) is 0 Å². The molecule has 1 N–H and O–H groups in total. The van der Waals surface area contributed by atoms with Crippen molar-refractivity contribution in [3.63, 3.8) is 0 Å². The fourth-order valence-corrected chi connectivity index (χ4v) is 1.51. The molecule has 0 saturated carbocycles. The lowest BCUT2D eigenvalue weighted by molar-refractivity contribution is -0.121. The zero-order chi connectivity index (χ0) is 8.97. The summed E-state index contributed by atoms with van der Waals surface area (Å²) in [5, 5.41) is 3.32. The highest BCUT2D eigenvalue weighted by Gasteiger charge is 2.18. The average Bonchev–Trinajstić information content (AvgIpc) is 2.30. The molecule has 12 heavy (non-hydrogen) atoms. The van der Waals surface area contributed by atoms with E-state index in [1.165, 1.54) is 0 Å². The van der Waals surface area contributed by atoms with E-state index in [1.807, 2.05) is 6.92 Å². The molecular weight excluding hydrogens is 152 g/mol. The molecule has 0 aromatic rings. The second kappa shape index (κ2) is 4.58. The predicted molar refractivity (Wildman–Crippen MR) is 49.2 cm³/mol. The Hall–Kier alpha value is -0.410. The van der Waals surface area contributed by atoms with Crippen molar-refractivity contribution in [2.75, 3.05) is 26.2 Å². The van der Waals surface area contributed by atoms with Crippen LogP contribution in [0.5, 0.6) is 0 Å². The van der Waals surface area contributed by atoms with Crippen LogP contribution in [0.4, 0.5) is 0 Å². The molecule has 1 fully saturated rings. The summed E-state index contributed by atoms with van der Waals surface area (Å²) in [7, 11) is 0. The summed E-state index contributed by atoms with van der Waals surface area (Å²) < 4.78 is 0. The molecule has 1 unspecified atom stereocenters. The van der Waals surface area contributed by atoms with Gasteiger partial charge in [-0.15, -0.1) is 0 Å². The zero-order valence-electron chi connectivity index (χ0n) is 7.97. The van der Waals surface area contributed by atoms with Crippen LogP contribution in [-0.2, 0) is 4.79 Å². The van der Waals surface area contributed by atoms with Crippen LogP contribution < -0.4 is 5.32 Å². The van der Waals surface area contributed by atoms with Crippen molar-refractivity contribution in [1.29, 1.82) is 0 Å². The van der Waals surface area contributed by atoms with E-state index in [0.29, 0.717) is 0 Å². The molecule has 1 atom stereocenters. The van der Waals surface area contributed by atoms with E-state index in [9.17, 15) is 4.79 Å². The molecule has 0 radical (unpaired) electrons.